The molecule has 1 N–H and O–H groups in total. The van der Waals surface area contributed by atoms with Crippen LogP contribution in [-0.4, -0.2) is 76.2 Å². The fourth-order valence-electron chi connectivity index (χ4n) is 8.83. The molecule has 1 unspecified atom stereocenters. The highest BCUT2D eigenvalue weighted by atomic mass is 32.1. The summed E-state index contributed by atoms with van der Waals surface area (Å²) in [6.07, 6.45) is 10.9. The van der Waals surface area contributed by atoms with Gasteiger partial charge in [0.2, 0.25) is 18.1 Å². The van der Waals surface area contributed by atoms with Crippen LogP contribution in [0.5, 0.6) is 5.75 Å². The second kappa shape index (κ2) is 14.9. The highest BCUT2D eigenvalue weighted by molar-refractivity contribution is 7.11. The van der Waals surface area contributed by atoms with E-state index >= 15 is 4.39 Å². The van der Waals surface area contributed by atoms with Gasteiger partial charge in [-0.3, -0.25) is 14.5 Å². The lowest BCUT2D eigenvalue weighted by atomic mass is 9.97. The molecule has 3 fully saturated rings. The molecule has 12 heteroatoms. The average Bonchev–Trinajstić information content (AvgIpc) is 3.54. The van der Waals surface area contributed by atoms with Crippen LogP contribution in [-0.2, 0) is 22.4 Å². The van der Waals surface area contributed by atoms with Crippen LogP contribution in [0, 0.1) is 11.7 Å². The number of nitrogens with one attached hydrogen (secondary N) is 1. The Kier molecular flexibility index (Phi) is 9.65. The van der Waals surface area contributed by atoms with Crippen LogP contribution in [0.3, 0.4) is 0 Å². The van der Waals surface area contributed by atoms with Crippen molar-refractivity contribution >= 4 is 39.9 Å². The SMILES string of the molecule is COc1ccc(C(c2nnc(C3CCN(C(=O)C4CC4)CC3)s2)n2c[n+](C3CCN(CC(=O)Nc4cccc5c4CCC5)CC3)c3ccc(F)cc32)cc1. The third kappa shape index (κ3) is 7.01. The van der Waals surface area contributed by atoms with E-state index in [0.29, 0.717) is 12.5 Å². The van der Waals surface area contributed by atoms with Crippen LogP contribution in [0.4, 0.5) is 10.1 Å². The second-order valence-corrected chi connectivity index (χ2v) is 16.5. The minimum atomic E-state index is -0.340. The van der Waals surface area contributed by atoms with Gasteiger partial charge in [0, 0.05) is 68.2 Å². The van der Waals surface area contributed by atoms with Crippen LogP contribution in [0.25, 0.3) is 11.0 Å². The lowest BCUT2D eigenvalue weighted by molar-refractivity contribution is -0.702. The number of hydrogen-bond acceptors (Lipinski definition) is 7. The molecule has 2 aliphatic heterocycles. The highest BCUT2D eigenvalue weighted by Crippen LogP contribution is 2.39. The molecule has 1 atom stereocenters. The molecule has 4 heterocycles. The van der Waals surface area contributed by atoms with Gasteiger partial charge in [-0.1, -0.05) is 35.6 Å². The quantitative estimate of drug-likeness (QED) is 0.165. The molecule has 9 rings (SSSR count). The van der Waals surface area contributed by atoms with Crippen LogP contribution >= 0.6 is 11.3 Å². The Morgan fingerprint density at radius 2 is 1.76 bits per heavy atom. The molecular weight excluding hydrogens is 702 g/mol. The number of amides is 2. The number of aromatic nitrogens is 4. The molecule has 0 bridgehead atoms. The van der Waals surface area contributed by atoms with Crippen LogP contribution in [0.1, 0.15) is 89.7 Å². The number of methoxy groups -OCH3 is 1. The zero-order chi connectivity index (χ0) is 36.8. The topological polar surface area (TPSA) is 96.5 Å². The van der Waals surface area contributed by atoms with Gasteiger partial charge >= 0.3 is 0 Å². The number of carbonyl (C=O) groups is 2. The lowest BCUT2D eigenvalue weighted by Crippen LogP contribution is -2.47. The fraction of sp³-hybridized carbons (Fsp3) is 0.452. The number of likely N-dealkylation sites (tertiary alicyclic amines) is 2. The van der Waals surface area contributed by atoms with Gasteiger partial charge in [-0.25, -0.2) is 13.5 Å². The minimum absolute atomic E-state index is 0.0320. The first-order valence-electron chi connectivity index (χ1n) is 19.5. The number of nitrogens with zero attached hydrogens (tertiary/aromatic N) is 6. The molecule has 10 nitrogen and oxygen atoms in total. The molecule has 54 heavy (non-hydrogen) atoms. The van der Waals surface area contributed by atoms with Crippen molar-refractivity contribution < 1.29 is 23.3 Å². The van der Waals surface area contributed by atoms with E-state index in [1.165, 1.54) is 17.2 Å². The molecular formula is C42H47FN7O3S+. The molecule has 0 spiro atoms. The Morgan fingerprint density at radius 3 is 2.52 bits per heavy atom. The van der Waals surface area contributed by atoms with E-state index in [4.69, 9.17) is 14.9 Å². The van der Waals surface area contributed by atoms with Crippen LogP contribution < -0.4 is 14.6 Å². The summed E-state index contributed by atoms with van der Waals surface area (Å²) >= 11 is 1.62. The van der Waals surface area contributed by atoms with Crippen LogP contribution in [0.2, 0.25) is 0 Å². The summed E-state index contributed by atoms with van der Waals surface area (Å²) in [6.45, 7) is 3.47. The Bertz CT molecular complexity index is 2160. The number of aryl methyl sites for hydroxylation is 1. The monoisotopic (exact) mass is 748 g/mol. The molecule has 3 aromatic carbocycles. The van der Waals surface area contributed by atoms with Crippen LogP contribution in [0.15, 0.2) is 67.0 Å². The third-order valence-corrected chi connectivity index (χ3v) is 13.1. The fourth-order valence-corrected chi connectivity index (χ4v) is 9.97. The van der Waals surface area contributed by atoms with Crippen molar-refractivity contribution in [2.75, 3.05) is 45.2 Å². The summed E-state index contributed by atoms with van der Waals surface area (Å²) in [5.41, 5.74) is 6.34. The molecule has 4 aliphatic rings. The van der Waals surface area contributed by atoms with Gasteiger partial charge < -0.3 is 15.0 Å². The molecule has 280 valence electrons. The predicted molar refractivity (Wildman–Crippen MR) is 205 cm³/mol. The smallest absolute Gasteiger partial charge is 0.245 e. The normalized spacial score (nSPS) is 18.9. The molecule has 2 aromatic heterocycles. The zero-order valence-electron chi connectivity index (χ0n) is 30.8. The molecule has 2 amide bonds. The van der Waals surface area contributed by atoms with Gasteiger partial charge in [0.15, 0.2) is 22.1 Å². The zero-order valence-corrected chi connectivity index (χ0v) is 31.6. The van der Waals surface area contributed by atoms with Gasteiger partial charge in [-0.05, 0) is 86.4 Å². The average molecular weight is 749 g/mol. The Labute approximate surface area is 318 Å². The number of ether oxygens (including phenoxy) is 1. The van der Waals surface area contributed by atoms with Crippen molar-refractivity contribution in [3.63, 3.8) is 0 Å². The first-order valence-corrected chi connectivity index (χ1v) is 20.3. The Morgan fingerprint density at radius 1 is 0.963 bits per heavy atom. The number of halogens is 1. The highest BCUT2D eigenvalue weighted by Gasteiger charge is 2.37. The molecule has 2 saturated heterocycles. The number of rotatable bonds is 10. The van der Waals surface area contributed by atoms with Crippen molar-refractivity contribution in [1.29, 1.82) is 0 Å². The first-order chi connectivity index (χ1) is 26.4. The van der Waals surface area contributed by atoms with Crippen molar-refractivity contribution in [3.8, 4) is 5.75 Å². The summed E-state index contributed by atoms with van der Waals surface area (Å²) in [4.78, 5) is 30.1. The van der Waals surface area contributed by atoms with E-state index in [1.807, 2.05) is 35.2 Å². The van der Waals surface area contributed by atoms with E-state index in [1.54, 1.807) is 24.5 Å². The van der Waals surface area contributed by atoms with E-state index in [2.05, 4.69) is 43.9 Å². The van der Waals surface area contributed by atoms with Crippen molar-refractivity contribution in [3.05, 3.63) is 99.5 Å². The van der Waals surface area contributed by atoms with Gasteiger partial charge in [-0.2, -0.15) is 0 Å². The van der Waals surface area contributed by atoms with Gasteiger partial charge in [0.1, 0.15) is 22.6 Å². The number of imidazole rings is 1. The summed E-state index contributed by atoms with van der Waals surface area (Å²) in [5, 5.41) is 14.6. The van der Waals surface area contributed by atoms with Gasteiger partial charge in [-0.15, -0.1) is 10.2 Å². The Hall–Kier alpha value is -4.68. The van der Waals surface area contributed by atoms with Crippen molar-refractivity contribution in [2.45, 2.75) is 75.8 Å². The van der Waals surface area contributed by atoms with Gasteiger partial charge in [0.05, 0.1) is 13.7 Å². The minimum Gasteiger partial charge on any atom is -0.497 e. The number of piperidine rings is 2. The number of carbonyl (C=O) groups excluding carboxylic acids is 2. The predicted octanol–water partition coefficient (Wildman–Crippen LogP) is 6.45. The maximum atomic E-state index is 15.1. The standard InChI is InChI=1S/C42H46FN7O3S/c1-53-33-13-10-28(11-14-33)39(41-46-45-40(54-41)29-16-22-48(23-17-29)42(52)30-8-9-30)50-26-49(36-15-12-31(43)24-37(36)50)32-18-20-47(21-19-32)25-38(51)44-35-7-3-5-27-4-2-6-34(27)35/h3,5,7,10-15,24,26,29-30,32,39H,2,4,6,8-9,16-23,25H2,1H3/p+1. The second-order valence-electron chi connectivity index (χ2n) is 15.4. The number of hydrogen-bond donors (Lipinski definition) is 1. The van der Waals surface area contributed by atoms with Crippen molar-refractivity contribution in [2.24, 2.45) is 5.92 Å². The molecule has 0 radical (unpaired) electrons. The summed E-state index contributed by atoms with van der Waals surface area (Å²) in [5.74, 6) is 1.30. The lowest BCUT2D eigenvalue weighted by Gasteiger charge is -2.31. The maximum absolute atomic E-state index is 15.1. The van der Waals surface area contributed by atoms with E-state index < -0.39 is 0 Å². The van der Waals surface area contributed by atoms with E-state index in [-0.39, 0.29) is 35.6 Å². The van der Waals surface area contributed by atoms with Gasteiger partial charge in [0.25, 0.3) is 0 Å². The molecule has 5 aromatic rings. The summed E-state index contributed by atoms with van der Waals surface area (Å²) < 4.78 is 25.0. The summed E-state index contributed by atoms with van der Waals surface area (Å²) in [6, 6.07) is 19.1. The largest absolute Gasteiger partial charge is 0.497 e. The Balaban J connectivity index is 0.960. The van der Waals surface area contributed by atoms with Crippen molar-refractivity contribution in [1.82, 2.24) is 24.6 Å². The number of fused-ring (bicyclic) bond motifs is 2. The number of benzene rings is 3. The molecule has 1 saturated carbocycles. The summed E-state index contributed by atoms with van der Waals surface area (Å²) in [7, 11) is 1.66. The third-order valence-electron chi connectivity index (χ3n) is 12.0. The first kappa shape index (κ1) is 35.0. The molecule has 2 aliphatic carbocycles. The number of anilines is 1. The van der Waals surface area contributed by atoms with E-state index in [0.717, 1.165) is 122 Å². The maximum Gasteiger partial charge on any atom is 0.245 e. The van der Waals surface area contributed by atoms with E-state index in [9.17, 15) is 9.59 Å².